The maximum atomic E-state index is 10.1. The van der Waals surface area contributed by atoms with Gasteiger partial charge in [0, 0.05) is 29.2 Å². The van der Waals surface area contributed by atoms with Gasteiger partial charge in [0.25, 0.3) is 0 Å². The standard InChI is InChI=1S/C12H19ClN2O/c1-14(2)7-9-5-11(13)6-10(12(9)16)8-15(3)4/h5-6,16H,7-8H2,1-4H3. The van der Waals surface area contributed by atoms with Crippen LogP contribution in [0.4, 0.5) is 0 Å². The van der Waals surface area contributed by atoms with Gasteiger partial charge >= 0.3 is 0 Å². The second-order valence-corrected chi connectivity index (χ2v) is 4.98. The van der Waals surface area contributed by atoms with E-state index in [-0.39, 0.29) is 0 Å². The number of halogens is 1. The molecule has 0 aliphatic carbocycles. The Morgan fingerprint density at radius 1 is 1.00 bits per heavy atom. The highest BCUT2D eigenvalue weighted by Crippen LogP contribution is 2.28. The zero-order valence-corrected chi connectivity index (χ0v) is 11.0. The number of hydrogen-bond donors (Lipinski definition) is 1. The number of phenols is 1. The average Bonchev–Trinajstić information content (AvgIpc) is 2.11. The van der Waals surface area contributed by atoms with Crippen molar-refractivity contribution in [3.05, 3.63) is 28.3 Å². The van der Waals surface area contributed by atoms with E-state index in [0.717, 1.165) is 11.1 Å². The SMILES string of the molecule is CN(C)Cc1cc(Cl)cc(CN(C)C)c1O. The Balaban J connectivity index is 3.05. The molecule has 0 spiro atoms. The van der Waals surface area contributed by atoms with Crippen molar-refractivity contribution in [1.29, 1.82) is 0 Å². The summed E-state index contributed by atoms with van der Waals surface area (Å²) in [6.45, 7) is 1.37. The van der Waals surface area contributed by atoms with Crippen molar-refractivity contribution < 1.29 is 5.11 Å². The molecule has 0 unspecified atom stereocenters. The highest BCUT2D eigenvalue weighted by Gasteiger charge is 2.10. The predicted octanol–water partition coefficient (Wildman–Crippen LogP) is 2.17. The molecule has 0 saturated heterocycles. The average molecular weight is 243 g/mol. The molecule has 1 N–H and O–H groups in total. The minimum atomic E-state index is 0.354. The Morgan fingerprint density at radius 2 is 1.38 bits per heavy atom. The Labute approximate surface area is 102 Å². The summed E-state index contributed by atoms with van der Waals surface area (Å²) in [6, 6.07) is 3.63. The third-order valence-corrected chi connectivity index (χ3v) is 2.42. The van der Waals surface area contributed by atoms with E-state index >= 15 is 0 Å². The van der Waals surface area contributed by atoms with E-state index in [1.165, 1.54) is 0 Å². The van der Waals surface area contributed by atoms with Crippen LogP contribution in [-0.2, 0) is 13.1 Å². The monoisotopic (exact) mass is 242 g/mol. The van der Waals surface area contributed by atoms with Gasteiger partial charge in [-0.1, -0.05) is 11.6 Å². The molecule has 1 aromatic carbocycles. The van der Waals surface area contributed by atoms with E-state index in [9.17, 15) is 5.11 Å². The molecule has 0 saturated carbocycles. The number of nitrogens with zero attached hydrogens (tertiary/aromatic N) is 2. The van der Waals surface area contributed by atoms with Crippen LogP contribution in [0.2, 0.25) is 5.02 Å². The van der Waals surface area contributed by atoms with Gasteiger partial charge in [0.1, 0.15) is 5.75 Å². The van der Waals surface area contributed by atoms with Crippen molar-refractivity contribution in [2.24, 2.45) is 0 Å². The lowest BCUT2D eigenvalue weighted by Gasteiger charge is -2.16. The van der Waals surface area contributed by atoms with Crippen LogP contribution in [0, 0.1) is 0 Å². The number of phenolic OH excluding ortho intramolecular Hbond substituents is 1. The summed E-state index contributed by atoms with van der Waals surface area (Å²) in [7, 11) is 7.86. The number of rotatable bonds is 4. The maximum Gasteiger partial charge on any atom is 0.124 e. The van der Waals surface area contributed by atoms with Crippen LogP contribution in [0.3, 0.4) is 0 Å². The van der Waals surface area contributed by atoms with Crippen LogP contribution in [0.25, 0.3) is 0 Å². The third kappa shape index (κ3) is 3.67. The highest BCUT2D eigenvalue weighted by molar-refractivity contribution is 6.30. The van der Waals surface area contributed by atoms with Crippen molar-refractivity contribution in [1.82, 2.24) is 9.80 Å². The molecule has 0 amide bonds. The summed E-state index contributed by atoms with van der Waals surface area (Å²) < 4.78 is 0. The Morgan fingerprint density at radius 3 is 1.69 bits per heavy atom. The molecule has 0 fully saturated rings. The summed E-state index contributed by atoms with van der Waals surface area (Å²) in [5.41, 5.74) is 1.74. The fourth-order valence-corrected chi connectivity index (χ4v) is 1.90. The van der Waals surface area contributed by atoms with Gasteiger partial charge in [-0.2, -0.15) is 0 Å². The first-order valence-electron chi connectivity index (χ1n) is 5.20. The minimum Gasteiger partial charge on any atom is -0.507 e. The molecule has 1 rings (SSSR count). The van der Waals surface area contributed by atoms with Crippen molar-refractivity contribution in [2.45, 2.75) is 13.1 Å². The molecule has 3 nitrogen and oxygen atoms in total. The van der Waals surface area contributed by atoms with Crippen molar-refractivity contribution >= 4 is 11.6 Å². The van der Waals surface area contributed by atoms with Crippen LogP contribution < -0.4 is 0 Å². The highest BCUT2D eigenvalue weighted by atomic mass is 35.5. The molecule has 0 aliphatic heterocycles. The number of aromatic hydroxyl groups is 1. The van der Waals surface area contributed by atoms with Crippen LogP contribution >= 0.6 is 11.6 Å². The number of hydrogen-bond acceptors (Lipinski definition) is 3. The van der Waals surface area contributed by atoms with Gasteiger partial charge in [0.2, 0.25) is 0 Å². The Bertz CT molecular complexity index is 333. The van der Waals surface area contributed by atoms with Gasteiger partial charge < -0.3 is 14.9 Å². The van der Waals surface area contributed by atoms with Crippen LogP contribution in [-0.4, -0.2) is 43.1 Å². The molecule has 0 atom stereocenters. The number of benzene rings is 1. The van der Waals surface area contributed by atoms with E-state index in [4.69, 9.17) is 11.6 Å². The summed E-state index contributed by atoms with van der Waals surface area (Å²) in [5.74, 6) is 0.354. The van der Waals surface area contributed by atoms with Gasteiger partial charge in [0.05, 0.1) is 0 Å². The second-order valence-electron chi connectivity index (χ2n) is 4.55. The zero-order valence-electron chi connectivity index (χ0n) is 10.3. The normalized spacial score (nSPS) is 11.4. The fraction of sp³-hybridized carbons (Fsp3) is 0.500. The smallest absolute Gasteiger partial charge is 0.124 e. The summed E-state index contributed by atoms with van der Waals surface area (Å²) >= 11 is 6.04. The first kappa shape index (κ1) is 13.3. The van der Waals surface area contributed by atoms with Gasteiger partial charge in [-0.15, -0.1) is 0 Å². The molecule has 0 bridgehead atoms. The summed E-state index contributed by atoms with van der Waals surface area (Å²) in [4.78, 5) is 4.01. The summed E-state index contributed by atoms with van der Waals surface area (Å²) in [5, 5.41) is 10.8. The molecular weight excluding hydrogens is 224 g/mol. The van der Waals surface area contributed by atoms with E-state index < -0.39 is 0 Å². The predicted molar refractivity (Wildman–Crippen MR) is 67.9 cm³/mol. The second kappa shape index (κ2) is 5.53. The lowest BCUT2D eigenvalue weighted by atomic mass is 10.1. The lowest BCUT2D eigenvalue weighted by Crippen LogP contribution is -2.13. The van der Waals surface area contributed by atoms with Crippen LogP contribution in [0.1, 0.15) is 11.1 Å². The third-order valence-electron chi connectivity index (χ3n) is 2.21. The molecule has 16 heavy (non-hydrogen) atoms. The molecule has 1 aromatic rings. The molecule has 4 heteroatoms. The van der Waals surface area contributed by atoms with E-state index in [1.54, 1.807) is 0 Å². The van der Waals surface area contributed by atoms with Crippen molar-refractivity contribution in [3.8, 4) is 5.75 Å². The van der Waals surface area contributed by atoms with Crippen LogP contribution in [0.15, 0.2) is 12.1 Å². The largest absolute Gasteiger partial charge is 0.507 e. The van der Waals surface area contributed by atoms with Gasteiger partial charge in [-0.3, -0.25) is 0 Å². The van der Waals surface area contributed by atoms with E-state index in [1.807, 2.05) is 50.1 Å². The zero-order chi connectivity index (χ0) is 12.3. The quantitative estimate of drug-likeness (QED) is 0.877. The minimum absolute atomic E-state index is 0.354. The van der Waals surface area contributed by atoms with E-state index in [0.29, 0.717) is 23.9 Å². The Kier molecular flexibility index (Phi) is 4.59. The van der Waals surface area contributed by atoms with Crippen molar-refractivity contribution in [3.63, 3.8) is 0 Å². The Hall–Kier alpha value is -0.770. The maximum absolute atomic E-state index is 10.1. The topological polar surface area (TPSA) is 26.7 Å². The van der Waals surface area contributed by atoms with Crippen molar-refractivity contribution in [2.75, 3.05) is 28.2 Å². The molecule has 0 aliphatic rings. The first-order chi connectivity index (χ1) is 7.40. The van der Waals surface area contributed by atoms with E-state index in [2.05, 4.69) is 0 Å². The molecule has 90 valence electrons. The lowest BCUT2D eigenvalue weighted by molar-refractivity contribution is 0.368. The van der Waals surface area contributed by atoms with Gasteiger partial charge in [-0.25, -0.2) is 0 Å². The van der Waals surface area contributed by atoms with Gasteiger partial charge in [-0.05, 0) is 40.3 Å². The van der Waals surface area contributed by atoms with Crippen LogP contribution in [0.5, 0.6) is 5.75 Å². The molecular formula is C12H19ClN2O. The molecule has 0 radical (unpaired) electrons. The summed E-state index contributed by atoms with van der Waals surface area (Å²) in [6.07, 6.45) is 0. The molecule has 0 heterocycles. The van der Waals surface area contributed by atoms with Gasteiger partial charge in [0.15, 0.2) is 0 Å². The fourth-order valence-electron chi connectivity index (χ4n) is 1.64. The first-order valence-corrected chi connectivity index (χ1v) is 5.57. The molecule has 0 aromatic heterocycles.